The van der Waals surface area contributed by atoms with Gasteiger partial charge in [-0.05, 0) is 62.4 Å². The van der Waals surface area contributed by atoms with Crippen LogP contribution in [0.25, 0.3) is 0 Å². The predicted octanol–water partition coefficient (Wildman–Crippen LogP) is 6.29. The minimum absolute atomic E-state index is 0.143. The van der Waals surface area contributed by atoms with Crippen LogP contribution < -0.4 is 10.6 Å². The fourth-order valence-electron chi connectivity index (χ4n) is 6.81. The molecule has 8 nitrogen and oxygen atoms in total. The van der Waals surface area contributed by atoms with Crippen molar-refractivity contribution >= 4 is 29.4 Å². The number of amides is 2. The van der Waals surface area contributed by atoms with Crippen LogP contribution in [0.1, 0.15) is 64.2 Å². The third-order valence-electron chi connectivity index (χ3n) is 9.11. The molecule has 0 spiro atoms. The molecule has 2 N–H and O–H groups in total. The summed E-state index contributed by atoms with van der Waals surface area (Å²) in [4.78, 5) is 53.1. The molecule has 2 unspecified atom stereocenters. The summed E-state index contributed by atoms with van der Waals surface area (Å²) < 4.78 is 97.6. The minimum atomic E-state index is -5.82. The Balaban J connectivity index is 2.10. The molecule has 0 saturated heterocycles. The molecule has 0 heterocycles. The molecule has 3 rings (SSSR count). The van der Waals surface area contributed by atoms with Crippen molar-refractivity contribution in [3.05, 3.63) is 65.2 Å². The molecule has 2 aromatic carbocycles. The van der Waals surface area contributed by atoms with E-state index in [1.807, 2.05) is 0 Å². The lowest BCUT2D eigenvalue weighted by molar-refractivity contribution is -0.288. The fourth-order valence-corrected chi connectivity index (χ4v) is 6.81. The summed E-state index contributed by atoms with van der Waals surface area (Å²) in [6.45, 7) is 9.30. The number of alkyl halides is 6. The molecule has 1 aliphatic rings. The predicted molar refractivity (Wildman–Crippen MR) is 159 cm³/mol. The minimum Gasteiger partial charge on any atom is -0.469 e. The summed E-state index contributed by atoms with van der Waals surface area (Å²) >= 11 is 0. The van der Waals surface area contributed by atoms with E-state index < -0.39 is 81.4 Å². The van der Waals surface area contributed by atoms with Gasteiger partial charge in [-0.25, -0.2) is 0 Å². The maximum absolute atomic E-state index is 14.6. The van der Waals surface area contributed by atoms with Gasteiger partial charge in [0, 0.05) is 11.7 Å². The van der Waals surface area contributed by atoms with E-state index in [1.54, 1.807) is 27.7 Å². The first kappa shape index (κ1) is 37.4. The smallest absolute Gasteiger partial charge is 0.411 e. The lowest BCUT2D eigenvalue weighted by Crippen LogP contribution is -2.75. The molecule has 14 heteroatoms. The van der Waals surface area contributed by atoms with Crippen LogP contribution in [-0.4, -0.2) is 56.4 Å². The molecule has 1 aliphatic carbocycles. The van der Waals surface area contributed by atoms with Gasteiger partial charge in [0.2, 0.25) is 17.2 Å². The second-order valence-electron chi connectivity index (χ2n) is 12.7. The third kappa shape index (κ3) is 5.95. The van der Waals surface area contributed by atoms with E-state index in [0.29, 0.717) is 17.7 Å². The van der Waals surface area contributed by atoms with Crippen LogP contribution >= 0.6 is 0 Å². The van der Waals surface area contributed by atoms with Gasteiger partial charge in [0.1, 0.15) is 0 Å². The van der Waals surface area contributed by atoms with Gasteiger partial charge in [0.15, 0.2) is 0 Å². The zero-order chi connectivity index (χ0) is 35.9. The highest BCUT2D eigenvalue weighted by atomic mass is 19.4. The van der Waals surface area contributed by atoms with Gasteiger partial charge >= 0.3 is 24.3 Å². The van der Waals surface area contributed by atoms with Crippen molar-refractivity contribution in [3.63, 3.8) is 0 Å². The van der Waals surface area contributed by atoms with E-state index in [1.165, 1.54) is 26.0 Å². The van der Waals surface area contributed by atoms with Gasteiger partial charge in [-0.3, -0.25) is 19.2 Å². The highest BCUT2D eigenvalue weighted by Gasteiger charge is 2.78. The van der Waals surface area contributed by atoms with E-state index in [-0.39, 0.29) is 11.6 Å². The van der Waals surface area contributed by atoms with Crippen molar-refractivity contribution in [3.8, 4) is 0 Å². The molecule has 0 bridgehead atoms. The van der Waals surface area contributed by atoms with Crippen LogP contribution in [0.15, 0.2) is 48.5 Å². The Morgan fingerprint density at radius 2 is 1.06 bits per heavy atom. The molecule has 2 aromatic rings. The summed E-state index contributed by atoms with van der Waals surface area (Å²) in [5.74, 6) is -6.95. The Labute approximate surface area is 268 Å². The second kappa shape index (κ2) is 12.8. The van der Waals surface area contributed by atoms with E-state index in [4.69, 9.17) is 9.47 Å². The highest BCUT2D eigenvalue weighted by Crippen LogP contribution is 2.65. The molecule has 1 fully saturated rings. The molecular weight excluding hydrogens is 634 g/mol. The van der Waals surface area contributed by atoms with Crippen LogP contribution in [0.5, 0.6) is 0 Å². The molecule has 0 aliphatic heterocycles. The number of esters is 2. The Morgan fingerprint density at radius 3 is 1.40 bits per heavy atom. The van der Waals surface area contributed by atoms with Gasteiger partial charge in [0.05, 0.1) is 36.9 Å². The van der Waals surface area contributed by atoms with Gasteiger partial charge in [-0.15, -0.1) is 0 Å². The van der Waals surface area contributed by atoms with Crippen LogP contribution in [0.4, 0.5) is 32.0 Å². The molecular formula is C33H38F6N2O6. The van der Waals surface area contributed by atoms with Crippen molar-refractivity contribution < 1.29 is 55.0 Å². The topological polar surface area (TPSA) is 111 Å². The molecule has 1 saturated carbocycles. The number of methoxy groups -OCH3 is 2. The SMILES string of the molecule is COC(=O)C1C(C)(C(=O)Nc2ccc(C(c3ccc(C(C)C)cc3)(C(F)(F)F)C(F)(F)F)cc2)C(C(=O)OC)C1(C)C(=O)NC(C)C. The molecule has 0 radical (unpaired) electrons. The third-order valence-corrected chi connectivity index (χ3v) is 9.11. The Morgan fingerprint density at radius 1 is 0.681 bits per heavy atom. The average Bonchev–Trinajstić information content (AvgIpc) is 2.96. The Kier molecular flexibility index (Phi) is 10.2. The van der Waals surface area contributed by atoms with Crippen LogP contribution in [0.3, 0.4) is 0 Å². The van der Waals surface area contributed by atoms with Gasteiger partial charge in [0.25, 0.3) is 0 Å². The fraction of sp³-hybridized carbons (Fsp3) is 0.515. The summed E-state index contributed by atoms with van der Waals surface area (Å²) in [5, 5.41) is 5.01. The Hall–Kier alpha value is -4.10. The number of ether oxygens (including phenoxy) is 2. The zero-order valence-electron chi connectivity index (χ0n) is 27.1. The molecule has 0 aromatic heterocycles. The van der Waals surface area contributed by atoms with E-state index in [9.17, 15) is 45.5 Å². The number of anilines is 1. The number of nitrogens with one attached hydrogen (secondary N) is 2. The van der Waals surface area contributed by atoms with Crippen molar-refractivity contribution in [1.82, 2.24) is 5.32 Å². The first-order valence-electron chi connectivity index (χ1n) is 14.7. The van der Waals surface area contributed by atoms with Crippen LogP contribution in [-0.2, 0) is 34.1 Å². The first-order chi connectivity index (χ1) is 21.6. The maximum Gasteiger partial charge on any atom is 0.411 e. The summed E-state index contributed by atoms with van der Waals surface area (Å²) in [5.41, 5.74) is -10.1. The normalized spacial score (nSPS) is 23.1. The summed E-state index contributed by atoms with van der Waals surface area (Å²) in [7, 11) is 2.05. The van der Waals surface area contributed by atoms with E-state index in [0.717, 1.165) is 38.5 Å². The van der Waals surface area contributed by atoms with E-state index >= 15 is 0 Å². The van der Waals surface area contributed by atoms with Crippen molar-refractivity contribution in [1.29, 1.82) is 0 Å². The molecule has 258 valence electrons. The monoisotopic (exact) mass is 672 g/mol. The lowest BCUT2D eigenvalue weighted by atomic mass is 9.39. The standard InChI is InChI=1S/C33H38F6N2O6/c1-17(2)19-9-11-20(12-10-19)31(32(34,35)36,33(37,38)39)21-13-15-22(16-14-21)41-28(45)30(6)23(25(42)46-7)29(5,24(30)26(43)47-8)27(44)40-18(3)4/h9-18,23-24H,1-8H3,(H,40,44)(H,41,45). The number of halogens is 6. The van der Waals surface area contributed by atoms with Gasteiger partial charge < -0.3 is 20.1 Å². The number of hydrogen-bond donors (Lipinski definition) is 2. The zero-order valence-corrected chi connectivity index (χ0v) is 27.1. The van der Waals surface area contributed by atoms with Crippen LogP contribution in [0, 0.1) is 22.7 Å². The number of rotatable bonds is 9. The number of hydrogen-bond acceptors (Lipinski definition) is 6. The lowest BCUT2D eigenvalue weighted by Gasteiger charge is -2.60. The largest absolute Gasteiger partial charge is 0.469 e. The first-order valence-corrected chi connectivity index (χ1v) is 14.7. The van der Waals surface area contributed by atoms with Crippen molar-refractivity contribution in [2.24, 2.45) is 22.7 Å². The molecule has 2 atom stereocenters. The van der Waals surface area contributed by atoms with Crippen molar-refractivity contribution in [2.75, 3.05) is 19.5 Å². The molecule has 47 heavy (non-hydrogen) atoms. The number of benzene rings is 2. The molecule has 2 amide bonds. The van der Waals surface area contributed by atoms with Gasteiger partial charge in [-0.2, -0.15) is 26.3 Å². The summed E-state index contributed by atoms with van der Waals surface area (Å²) in [6, 6.07) is 6.53. The quantitative estimate of drug-likeness (QED) is 0.240. The maximum atomic E-state index is 14.6. The average molecular weight is 673 g/mol. The van der Waals surface area contributed by atoms with Crippen molar-refractivity contribution in [2.45, 2.75) is 71.3 Å². The number of carbonyl (C=O) groups is 4. The summed E-state index contributed by atoms with van der Waals surface area (Å²) in [6.07, 6.45) is -11.6. The van der Waals surface area contributed by atoms with E-state index in [2.05, 4.69) is 10.6 Å². The van der Waals surface area contributed by atoms with Gasteiger partial charge in [-0.1, -0.05) is 50.2 Å². The van der Waals surface area contributed by atoms with Crippen LogP contribution in [0.2, 0.25) is 0 Å². The number of carbonyl (C=O) groups excluding carboxylic acids is 4. The highest BCUT2D eigenvalue weighted by molar-refractivity contribution is 6.08. The Bertz CT molecular complexity index is 1460. The second-order valence-corrected chi connectivity index (χ2v) is 12.7.